The fourth-order valence-electron chi connectivity index (χ4n) is 3.38. The average Bonchev–Trinajstić information content (AvgIpc) is 2.63. The summed E-state index contributed by atoms with van der Waals surface area (Å²) in [5.74, 6) is 0.634. The third kappa shape index (κ3) is 5.79. The summed E-state index contributed by atoms with van der Waals surface area (Å²) in [5, 5.41) is 0. The molecule has 1 amide bonds. The van der Waals surface area contributed by atoms with Gasteiger partial charge in [-0.3, -0.25) is 4.79 Å². The topological polar surface area (TPSA) is 24.8 Å². The Morgan fingerprint density at radius 1 is 1.21 bits per heavy atom. The van der Waals surface area contributed by atoms with Crippen LogP contribution in [0.4, 0.5) is 0 Å². The first-order chi connectivity index (χ1) is 11.7. The monoisotopic (exact) mass is 329 g/mol. The summed E-state index contributed by atoms with van der Waals surface area (Å²) < 4.78 is 0. The van der Waals surface area contributed by atoms with Crippen molar-refractivity contribution in [3.05, 3.63) is 42.0 Å². The number of benzene rings is 1. The highest BCUT2D eigenvalue weighted by molar-refractivity contribution is 5.78. The van der Waals surface area contributed by atoms with Gasteiger partial charge in [0.05, 0.1) is 32.7 Å². The first-order valence-electron chi connectivity index (χ1n) is 9.58. The van der Waals surface area contributed by atoms with Gasteiger partial charge in [0, 0.05) is 5.92 Å². The van der Waals surface area contributed by atoms with Gasteiger partial charge in [0.1, 0.15) is 0 Å². The number of nitrogens with zero attached hydrogens (tertiary/aromatic N) is 1. The van der Waals surface area contributed by atoms with Gasteiger partial charge in [-0.1, -0.05) is 63.1 Å². The van der Waals surface area contributed by atoms with Crippen LogP contribution in [0.1, 0.15) is 45.1 Å². The van der Waals surface area contributed by atoms with Crippen molar-refractivity contribution in [2.24, 2.45) is 5.92 Å². The van der Waals surface area contributed by atoms with Crippen LogP contribution in [0.15, 0.2) is 36.4 Å². The lowest BCUT2D eigenvalue weighted by Crippen LogP contribution is -3.14. The minimum Gasteiger partial charge on any atom is -0.331 e. The summed E-state index contributed by atoms with van der Waals surface area (Å²) in [6.45, 7) is 9.34. The lowest BCUT2D eigenvalue weighted by molar-refractivity contribution is -0.898. The number of hydrogen-bond acceptors (Lipinski definition) is 1. The van der Waals surface area contributed by atoms with Gasteiger partial charge in [0.25, 0.3) is 0 Å². The van der Waals surface area contributed by atoms with Crippen LogP contribution in [0, 0.1) is 5.92 Å². The molecule has 132 valence electrons. The normalized spacial score (nSPS) is 17.3. The highest BCUT2D eigenvalue weighted by Crippen LogP contribution is 2.16. The SMILES string of the molecule is CCCC[C@@H](CC)C(=O)N1CC[NH+](C/C=C/c2ccccc2)CC1. The standard InChI is InChI=1S/C21H32N2O/c1-3-5-13-20(4-2)21(24)23-17-15-22(16-18-23)14-9-12-19-10-7-6-8-11-19/h6-12,20H,3-5,13-18H2,1-2H3/p+1/b12-9+/t20-/m1/s1. The molecule has 3 nitrogen and oxygen atoms in total. The highest BCUT2D eigenvalue weighted by atomic mass is 16.2. The van der Waals surface area contributed by atoms with Crippen molar-refractivity contribution in [2.45, 2.75) is 39.5 Å². The van der Waals surface area contributed by atoms with Crippen LogP contribution in [0.2, 0.25) is 0 Å². The molecule has 0 aromatic heterocycles. The van der Waals surface area contributed by atoms with E-state index in [1.165, 1.54) is 18.4 Å². The van der Waals surface area contributed by atoms with E-state index in [1.54, 1.807) is 4.90 Å². The van der Waals surface area contributed by atoms with Crippen molar-refractivity contribution < 1.29 is 9.69 Å². The Hall–Kier alpha value is -1.61. The van der Waals surface area contributed by atoms with E-state index in [4.69, 9.17) is 0 Å². The maximum Gasteiger partial charge on any atom is 0.226 e. The molecule has 1 atom stereocenters. The molecule has 1 N–H and O–H groups in total. The Balaban J connectivity index is 1.74. The summed E-state index contributed by atoms with van der Waals surface area (Å²) in [7, 11) is 0. The molecule has 0 bridgehead atoms. The Morgan fingerprint density at radius 2 is 1.92 bits per heavy atom. The molecule has 24 heavy (non-hydrogen) atoms. The second-order valence-electron chi connectivity index (χ2n) is 6.84. The van der Waals surface area contributed by atoms with E-state index < -0.39 is 0 Å². The quantitative estimate of drug-likeness (QED) is 0.779. The number of piperazine rings is 1. The van der Waals surface area contributed by atoms with Crippen molar-refractivity contribution in [3.63, 3.8) is 0 Å². The van der Waals surface area contributed by atoms with Crippen molar-refractivity contribution in [3.8, 4) is 0 Å². The molecule has 1 aliphatic heterocycles. The number of amides is 1. The zero-order valence-electron chi connectivity index (χ0n) is 15.3. The number of carbonyl (C=O) groups excluding carboxylic acids is 1. The van der Waals surface area contributed by atoms with Gasteiger partial charge < -0.3 is 9.80 Å². The fourth-order valence-corrected chi connectivity index (χ4v) is 3.38. The van der Waals surface area contributed by atoms with E-state index >= 15 is 0 Å². The largest absolute Gasteiger partial charge is 0.331 e. The summed E-state index contributed by atoms with van der Waals surface area (Å²) >= 11 is 0. The molecule has 2 rings (SSSR count). The predicted octanol–water partition coefficient (Wildman–Crippen LogP) is 2.64. The molecule has 0 aliphatic carbocycles. The summed E-state index contributed by atoms with van der Waals surface area (Å²) in [6, 6.07) is 10.4. The molecule has 3 heteroatoms. The molecule has 0 radical (unpaired) electrons. The van der Waals surface area contributed by atoms with Gasteiger partial charge in [-0.15, -0.1) is 0 Å². The minimum atomic E-state index is 0.240. The smallest absolute Gasteiger partial charge is 0.226 e. The molecule has 1 heterocycles. The molecular formula is C21H33N2O+. The molecule has 0 saturated carbocycles. The van der Waals surface area contributed by atoms with E-state index in [2.05, 4.69) is 55.2 Å². The first-order valence-corrected chi connectivity index (χ1v) is 9.58. The van der Waals surface area contributed by atoms with Crippen molar-refractivity contribution in [2.75, 3.05) is 32.7 Å². The van der Waals surface area contributed by atoms with Crippen molar-refractivity contribution in [1.29, 1.82) is 0 Å². The van der Waals surface area contributed by atoms with Gasteiger partial charge in [0.2, 0.25) is 5.91 Å². The molecule has 0 spiro atoms. The number of rotatable bonds is 8. The van der Waals surface area contributed by atoms with Crippen LogP contribution in [-0.2, 0) is 4.79 Å². The minimum absolute atomic E-state index is 0.240. The molecular weight excluding hydrogens is 296 g/mol. The first kappa shape index (κ1) is 18.7. The summed E-state index contributed by atoms with van der Waals surface area (Å²) in [6.07, 6.45) is 8.83. The Kier molecular flexibility index (Phi) is 8.03. The highest BCUT2D eigenvalue weighted by Gasteiger charge is 2.27. The van der Waals surface area contributed by atoms with Crippen LogP contribution < -0.4 is 4.90 Å². The molecule has 0 unspecified atom stereocenters. The number of quaternary nitrogens is 1. The molecule has 1 aliphatic rings. The molecule has 1 aromatic carbocycles. The van der Waals surface area contributed by atoms with Crippen LogP contribution in [0.3, 0.4) is 0 Å². The van der Waals surface area contributed by atoms with Crippen LogP contribution in [0.5, 0.6) is 0 Å². The van der Waals surface area contributed by atoms with Gasteiger partial charge in [-0.2, -0.15) is 0 Å². The van der Waals surface area contributed by atoms with Crippen molar-refractivity contribution >= 4 is 12.0 Å². The second kappa shape index (κ2) is 10.3. The Bertz CT molecular complexity index is 504. The lowest BCUT2D eigenvalue weighted by Gasteiger charge is -2.33. The van der Waals surface area contributed by atoms with Crippen molar-refractivity contribution in [1.82, 2.24) is 4.90 Å². The summed E-state index contributed by atoms with van der Waals surface area (Å²) in [5.41, 5.74) is 1.26. The fraction of sp³-hybridized carbons (Fsp3) is 0.571. The van der Waals surface area contributed by atoms with E-state index in [-0.39, 0.29) is 5.92 Å². The lowest BCUT2D eigenvalue weighted by atomic mass is 9.97. The Morgan fingerprint density at radius 3 is 2.54 bits per heavy atom. The number of carbonyl (C=O) groups is 1. The van der Waals surface area contributed by atoms with Gasteiger partial charge in [-0.05, 0) is 24.5 Å². The number of unbranched alkanes of at least 4 members (excludes halogenated alkanes) is 1. The third-order valence-corrected chi connectivity index (χ3v) is 5.05. The van der Waals surface area contributed by atoms with Gasteiger partial charge >= 0.3 is 0 Å². The maximum absolute atomic E-state index is 12.6. The molecule has 1 aromatic rings. The van der Waals surface area contributed by atoms with Crippen LogP contribution in [-0.4, -0.2) is 43.5 Å². The number of hydrogen-bond donors (Lipinski definition) is 1. The zero-order chi connectivity index (χ0) is 17.2. The zero-order valence-corrected chi connectivity index (χ0v) is 15.3. The third-order valence-electron chi connectivity index (χ3n) is 5.05. The maximum atomic E-state index is 12.6. The van der Waals surface area contributed by atoms with E-state index in [1.807, 2.05) is 6.07 Å². The van der Waals surface area contributed by atoms with E-state index in [0.717, 1.165) is 45.6 Å². The van der Waals surface area contributed by atoms with Gasteiger partial charge in [-0.25, -0.2) is 0 Å². The average molecular weight is 330 g/mol. The second-order valence-corrected chi connectivity index (χ2v) is 6.84. The van der Waals surface area contributed by atoms with E-state index in [9.17, 15) is 4.79 Å². The van der Waals surface area contributed by atoms with Crippen LogP contribution in [0.25, 0.3) is 6.08 Å². The van der Waals surface area contributed by atoms with Gasteiger partial charge in [0.15, 0.2) is 0 Å². The number of nitrogens with one attached hydrogen (secondary N) is 1. The predicted molar refractivity (Wildman–Crippen MR) is 101 cm³/mol. The van der Waals surface area contributed by atoms with E-state index in [0.29, 0.717) is 5.91 Å². The molecule has 1 fully saturated rings. The Labute approximate surface area is 147 Å². The summed E-state index contributed by atoms with van der Waals surface area (Å²) in [4.78, 5) is 16.3. The van der Waals surface area contributed by atoms with Crippen LogP contribution >= 0.6 is 0 Å². The molecule has 1 saturated heterocycles.